The zero-order valence-electron chi connectivity index (χ0n) is 19.7. The summed E-state index contributed by atoms with van der Waals surface area (Å²) in [7, 11) is 1.53. The molecule has 1 saturated carbocycles. The summed E-state index contributed by atoms with van der Waals surface area (Å²) in [6.07, 6.45) is 6.20. The summed E-state index contributed by atoms with van der Waals surface area (Å²) in [5, 5.41) is 14.5. The quantitative estimate of drug-likeness (QED) is 0.595. The van der Waals surface area contributed by atoms with Crippen molar-refractivity contribution in [3.05, 3.63) is 64.6 Å². The minimum absolute atomic E-state index is 0.181. The molecule has 1 N–H and O–H groups in total. The maximum absolute atomic E-state index is 16.5. The number of carbonyl (C=O) groups excluding carboxylic acids is 1. The van der Waals surface area contributed by atoms with Crippen LogP contribution in [0.25, 0.3) is 0 Å². The Balaban J connectivity index is 1.37. The van der Waals surface area contributed by atoms with Gasteiger partial charge in [0.2, 0.25) is 0 Å². The Hall–Kier alpha value is -2.52. The number of rotatable bonds is 5. The molecule has 1 fully saturated rings. The smallest absolute Gasteiger partial charge is 0.387 e. The lowest BCUT2D eigenvalue weighted by Crippen LogP contribution is -2.52. The van der Waals surface area contributed by atoms with Gasteiger partial charge >= 0.3 is 6.18 Å². The second kappa shape index (κ2) is 8.00. The van der Waals surface area contributed by atoms with Crippen molar-refractivity contribution < 1.29 is 32.2 Å². The number of aromatic nitrogens is 2. The lowest BCUT2D eigenvalue weighted by atomic mass is 9.58. The third kappa shape index (κ3) is 3.83. The summed E-state index contributed by atoms with van der Waals surface area (Å²) >= 11 is 0. The van der Waals surface area contributed by atoms with Gasteiger partial charge < -0.3 is 9.84 Å². The van der Waals surface area contributed by atoms with E-state index in [1.807, 2.05) is 19.1 Å². The van der Waals surface area contributed by atoms with Crippen molar-refractivity contribution >= 4 is 5.78 Å². The molecule has 0 spiro atoms. The van der Waals surface area contributed by atoms with Crippen LogP contribution in [-0.4, -0.2) is 45.7 Å². The van der Waals surface area contributed by atoms with Crippen molar-refractivity contribution in [3.63, 3.8) is 0 Å². The Morgan fingerprint density at radius 1 is 1.31 bits per heavy atom. The number of halogens is 4. The number of aliphatic hydroxyl groups is 1. The molecule has 188 valence electrons. The largest absolute Gasteiger partial charge is 0.419 e. The van der Waals surface area contributed by atoms with Crippen LogP contribution in [0.3, 0.4) is 0 Å². The van der Waals surface area contributed by atoms with Gasteiger partial charge in [-0.3, -0.25) is 9.48 Å². The second-order valence-electron chi connectivity index (χ2n) is 10.4. The van der Waals surface area contributed by atoms with Crippen molar-refractivity contribution in [2.75, 3.05) is 13.7 Å². The van der Waals surface area contributed by atoms with Crippen molar-refractivity contribution in [1.82, 2.24) is 9.78 Å². The van der Waals surface area contributed by atoms with E-state index in [0.29, 0.717) is 43.0 Å². The lowest BCUT2D eigenvalue weighted by Gasteiger charge is -2.50. The van der Waals surface area contributed by atoms with Gasteiger partial charge in [-0.25, -0.2) is 4.39 Å². The molecule has 0 aliphatic heterocycles. The summed E-state index contributed by atoms with van der Waals surface area (Å²) in [6, 6.07) is 0. The summed E-state index contributed by atoms with van der Waals surface area (Å²) in [5.41, 5.74) is -1.42. The van der Waals surface area contributed by atoms with E-state index in [0.717, 1.165) is 22.0 Å². The minimum atomic E-state index is -4.52. The Morgan fingerprint density at radius 3 is 2.77 bits per heavy atom. The molecule has 0 saturated heterocycles. The molecule has 35 heavy (non-hydrogen) atoms. The van der Waals surface area contributed by atoms with Gasteiger partial charge in [-0.1, -0.05) is 24.3 Å². The molecule has 0 bridgehead atoms. The highest BCUT2D eigenvalue weighted by atomic mass is 19.4. The van der Waals surface area contributed by atoms with E-state index in [2.05, 4.69) is 5.10 Å². The van der Waals surface area contributed by atoms with Gasteiger partial charge in [0.05, 0.1) is 24.0 Å². The molecule has 0 radical (unpaired) electrons. The van der Waals surface area contributed by atoms with Crippen molar-refractivity contribution in [3.8, 4) is 0 Å². The molecule has 0 amide bonds. The Kier molecular flexibility index (Phi) is 5.53. The molecule has 4 aliphatic rings. The second-order valence-corrected chi connectivity index (χ2v) is 10.4. The fourth-order valence-corrected chi connectivity index (χ4v) is 6.36. The predicted octanol–water partition coefficient (Wildman–Crippen LogP) is 4.89. The van der Waals surface area contributed by atoms with Crippen LogP contribution in [0.5, 0.6) is 0 Å². The summed E-state index contributed by atoms with van der Waals surface area (Å²) < 4.78 is 61.3. The number of hydrogen-bond acceptors (Lipinski definition) is 4. The third-order valence-electron chi connectivity index (χ3n) is 8.17. The first-order chi connectivity index (χ1) is 16.4. The molecule has 0 unspecified atom stereocenters. The normalized spacial score (nSPS) is 34.2. The van der Waals surface area contributed by atoms with E-state index in [4.69, 9.17) is 4.74 Å². The molecule has 5 rings (SSSR count). The van der Waals surface area contributed by atoms with Crippen molar-refractivity contribution in [1.29, 1.82) is 0 Å². The molecule has 1 aromatic heterocycles. The van der Waals surface area contributed by atoms with Crippen LogP contribution < -0.4 is 0 Å². The van der Waals surface area contributed by atoms with Gasteiger partial charge in [0.15, 0.2) is 5.78 Å². The summed E-state index contributed by atoms with van der Waals surface area (Å²) in [4.78, 5) is 13.1. The first-order valence-corrected chi connectivity index (χ1v) is 11.8. The number of nitrogens with zero attached hydrogens (tertiary/aromatic N) is 2. The topological polar surface area (TPSA) is 64.3 Å². The first kappa shape index (κ1) is 24.2. The molecule has 0 aromatic carbocycles. The van der Waals surface area contributed by atoms with Crippen molar-refractivity contribution in [2.24, 2.45) is 11.3 Å². The monoisotopic (exact) mass is 492 g/mol. The Labute approximate surface area is 200 Å². The highest BCUT2D eigenvalue weighted by Gasteiger charge is 2.55. The third-order valence-corrected chi connectivity index (χ3v) is 8.17. The highest BCUT2D eigenvalue weighted by Crippen LogP contribution is 2.59. The number of ketones is 1. The van der Waals surface area contributed by atoms with E-state index in [1.165, 1.54) is 7.11 Å². The van der Waals surface area contributed by atoms with Crippen LogP contribution in [0, 0.1) is 11.3 Å². The van der Waals surface area contributed by atoms with Gasteiger partial charge in [-0.15, -0.1) is 0 Å². The predicted molar refractivity (Wildman–Crippen MR) is 120 cm³/mol. The average molecular weight is 493 g/mol. The number of methoxy groups -OCH3 is 1. The molecular weight excluding hydrogens is 464 g/mol. The summed E-state index contributed by atoms with van der Waals surface area (Å²) in [6.45, 7) is 1.75. The van der Waals surface area contributed by atoms with Gasteiger partial charge in [0.25, 0.3) is 0 Å². The Bertz CT molecular complexity index is 1190. The van der Waals surface area contributed by atoms with Crippen LogP contribution in [0.1, 0.15) is 44.6 Å². The minimum Gasteiger partial charge on any atom is -0.387 e. The maximum atomic E-state index is 16.5. The number of Topliss-reactive ketones (excluding diaryl/α,β-unsaturated/α-hetero) is 1. The van der Waals surface area contributed by atoms with Gasteiger partial charge in [0, 0.05) is 30.2 Å². The van der Waals surface area contributed by atoms with Gasteiger partial charge in [0.1, 0.15) is 12.2 Å². The number of hydrogen-bond donors (Lipinski definition) is 1. The van der Waals surface area contributed by atoms with Crippen LogP contribution in [0.4, 0.5) is 17.6 Å². The lowest BCUT2D eigenvalue weighted by molar-refractivity contribution is -0.137. The first-order valence-electron chi connectivity index (χ1n) is 11.8. The molecule has 1 aromatic rings. The van der Waals surface area contributed by atoms with Crippen LogP contribution in [0.2, 0.25) is 0 Å². The van der Waals surface area contributed by atoms with Crippen LogP contribution >= 0.6 is 0 Å². The molecule has 1 heterocycles. The fraction of sp³-hybridized carbons (Fsp3) is 0.538. The van der Waals surface area contributed by atoms with E-state index in [-0.39, 0.29) is 31.3 Å². The number of alkyl halides is 4. The van der Waals surface area contributed by atoms with Gasteiger partial charge in [-0.2, -0.15) is 18.3 Å². The van der Waals surface area contributed by atoms with Crippen molar-refractivity contribution in [2.45, 2.75) is 63.0 Å². The number of allylic oxidation sites excluding steroid dienone is 8. The van der Waals surface area contributed by atoms with E-state index in [1.54, 1.807) is 12.2 Å². The van der Waals surface area contributed by atoms with E-state index >= 15 is 4.39 Å². The van der Waals surface area contributed by atoms with Crippen LogP contribution in [0.15, 0.2) is 59.0 Å². The highest BCUT2D eigenvalue weighted by molar-refractivity contribution is 5.99. The molecule has 5 nitrogen and oxygen atoms in total. The molecule has 9 heteroatoms. The maximum Gasteiger partial charge on any atom is 0.419 e. The molecular formula is C26H28F4N2O3. The number of fused-ring (bicyclic) bond motifs is 4. The van der Waals surface area contributed by atoms with Gasteiger partial charge in [-0.05, 0) is 55.7 Å². The number of ether oxygens (including phenoxy) is 1. The van der Waals surface area contributed by atoms with E-state index in [9.17, 15) is 23.1 Å². The zero-order chi connectivity index (χ0) is 25.2. The zero-order valence-corrected chi connectivity index (χ0v) is 19.7. The fourth-order valence-electron chi connectivity index (χ4n) is 6.36. The summed E-state index contributed by atoms with van der Waals surface area (Å²) in [5.74, 6) is -0.655. The number of carbonyl (C=O) groups is 1. The average Bonchev–Trinajstić information content (AvgIpc) is 3.38. The SMILES string of the molecule is COC[C@@]1(O)CC[C@]2(F)C3=C(CC[C@@H]2C1)C1=CC=C(C(=O)Cn2cc(C(F)(F)F)cn2)[C@@]1(C)C=C3. The van der Waals surface area contributed by atoms with E-state index < -0.39 is 28.4 Å². The molecule has 4 atom stereocenters. The van der Waals surface area contributed by atoms with Crippen LogP contribution in [-0.2, 0) is 22.3 Å². The Morgan fingerprint density at radius 2 is 2.09 bits per heavy atom. The molecule has 4 aliphatic carbocycles. The standard InChI is InChI=1S/C26H28F4N2O3/c1-23-8-7-20-18(4-3-16-11-24(34,15-35-2)9-10-25(16,20)27)19(23)5-6-21(23)22(33)14-32-13-17(12-31-32)26(28,29)30/h5-8,12-13,16,34H,3-4,9-11,14-15H2,1-2H3/t16-,23+,24-,25-/m1/s1.